The van der Waals surface area contributed by atoms with Crippen LogP contribution in [-0.2, 0) is 14.3 Å². The minimum atomic E-state index is -0.0276. The average molecular weight is 255 g/mol. The van der Waals surface area contributed by atoms with Crippen molar-refractivity contribution >= 4 is 11.8 Å². The molecule has 2 saturated heterocycles. The van der Waals surface area contributed by atoms with Gasteiger partial charge in [0.2, 0.25) is 11.8 Å². The molecule has 0 aromatic rings. The van der Waals surface area contributed by atoms with Crippen molar-refractivity contribution in [3.63, 3.8) is 0 Å². The first-order valence-electron chi connectivity index (χ1n) is 6.47. The van der Waals surface area contributed by atoms with Crippen molar-refractivity contribution in [2.45, 2.75) is 19.4 Å². The number of hydrogen-bond donors (Lipinski definition) is 1. The SMILES string of the molecule is CC1CC(=O)N(CC(=O)N2CCOCC2)CC1N. The molecule has 2 rings (SSSR count). The Morgan fingerprint density at radius 3 is 2.78 bits per heavy atom. The Bertz CT molecular complexity index is 329. The lowest BCUT2D eigenvalue weighted by molar-refractivity contribution is -0.145. The van der Waals surface area contributed by atoms with E-state index < -0.39 is 0 Å². The normalized spacial score (nSPS) is 29.6. The lowest BCUT2D eigenvalue weighted by Crippen LogP contribution is -2.54. The molecule has 2 fully saturated rings. The van der Waals surface area contributed by atoms with E-state index in [4.69, 9.17) is 10.5 Å². The van der Waals surface area contributed by atoms with Gasteiger partial charge in [-0.2, -0.15) is 0 Å². The summed E-state index contributed by atoms with van der Waals surface area (Å²) < 4.78 is 5.20. The van der Waals surface area contributed by atoms with Crippen LogP contribution in [0, 0.1) is 5.92 Å². The number of nitrogens with zero attached hydrogens (tertiary/aromatic N) is 2. The Kier molecular flexibility index (Phi) is 4.19. The van der Waals surface area contributed by atoms with Crippen molar-refractivity contribution in [1.82, 2.24) is 9.80 Å². The van der Waals surface area contributed by atoms with Gasteiger partial charge in [0.05, 0.1) is 19.8 Å². The fraction of sp³-hybridized carbons (Fsp3) is 0.833. The highest BCUT2D eigenvalue weighted by Gasteiger charge is 2.31. The summed E-state index contributed by atoms with van der Waals surface area (Å²) in [4.78, 5) is 27.2. The van der Waals surface area contributed by atoms with Crippen molar-refractivity contribution in [1.29, 1.82) is 0 Å². The average Bonchev–Trinajstić information content (AvgIpc) is 2.37. The molecule has 2 heterocycles. The first-order chi connectivity index (χ1) is 8.58. The molecule has 0 saturated carbocycles. The number of hydrogen-bond acceptors (Lipinski definition) is 4. The highest BCUT2D eigenvalue weighted by Crippen LogP contribution is 2.16. The number of morpholine rings is 1. The van der Waals surface area contributed by atoms with Gasteiger partial charge in [0.15, 0.2) is 0 Å². The predicted octanol–water partition coefficient (Wildman–Crippen LogP) is -0.959. The molecule has 2 atom stereocenters. The van der Waals surface area contributed by atoms with E-state index in [2.05, 4.69) is 0 Å². The van der Waals surface area contributed by atoms with Crippen LogP contribution in [0.25, 0.3) is 0 Å². The van der Waals surface area contributed by atoms with Crippen molar-refractivity contribution in [2.75, 3.05) is 39.4 Å². The second-order valence-corrected chi connectivity index (χ2v) is 5.11. The maximum absolute atomic E-state index is 12.0. The van der Waals surface area contributed by atoms with Crippen LogP contribution >= 0.6 is 0 Å². The van der Waals surface area contributed by atoms with Crippen molar-refractivity contribution in [3.8, 4) is 0 Å². The number of carbonyl (C=O) groups excluding carboxylic acids is 2. The third-order valence-electron chi connectivity index (χ3n) is 3.70. The van der Waals surface area contributed by atoms with Gasteiger partial charge in [0.1, 0.15) is 0 Å². The Hall–Kier alpha value is -1.14. The van der Waals surface area contributed by atoms with Crippen LogP contribution in [0.4, 0.5) is 0 Å². The zero-order valence-electron chi connectivity index (χ0n) is 10.8. The molecule has 2 aliphatic heterocycles. The summed E-state index contributed by atoms with van der Waals surface area (Å²) in [5.74, 6) is 0.228. The third-order valence-corrected chi connectivity index (χ3v) is 3.70. The quantitative estimate of drug-likeness (QED) is 0.689. The highest BCUT2D eigenvalue weighted by atomic mass is 16.5. The Labute approximate surface area is 107 Å². The standard InChI is InChI=1S/C12H21N3O3/c1-9-6-11(16)15(7-10(9)13)8-12(17)14-2-4-18-5-3-14/h9-10H,2-8,13H2,1H3. The summed E-state index contributed by atoms with van der Waals surface area (Å²) in [5, 5.41) is 0. The van der Waals surface area contributed by atoms with E-state index in [1.165, 1.54) is 0 Å². The lowest BCUT2D eigenvalue weighted by atomic mass is 9.94. The Balaban J connectivity index is 1.88. The van der Waals surface area contributed by atoms with Crippen molar-refractivity contribution < 1.29 is 14.3 Å². The number of likely N-dealkylation sites (tertiary alicyclic amines) is 1. The fourth-order valence-corrected chi connectivity index (χ4v) is 2.32. The second kappa shape index (κ2) is 5.67. The van der Waals surface area contributed by atoms with E-state index in [-0.39, 0.29) is 30.3 Å². The van der Waals surface area contributed by atoms with Gasteiger partial charge >= 0.3 is 0 Å². The lowest BCUT2D eigenvalue weighted by Gasteiger charge is -2.36. The van der Waals surface area contributed by atoms with Gasteiger partial charge in [-0.05, 0) is 5.92 Å². The molecule has 6 nitrogen and oxygen atoms in total. The fourth-order valence-electron chi connectivity index (χ4n) is 2.32. The van der Waals surface area contributed by atoms with E-state index in [0.717, 1.165) is 0 Å². The number of carbonyl (C=O) groups is 2. The van der Waals surface area contributed by atoms with Gasteiger partial charge in [-0.25, -0.2) is 0 Å². The van der Waals surface area contributed by atoms with Gasteiger partial charge in [-0.3, -0.25) is 9.59 Å². The van der Waals surface area contributed by atoms with Crippen molar-refractivity contribution in [2.24, 2.45) is 11.7 Å². The molecule has 0 bridgehead atoms. The van der Waals surface area contributed by atoms with Gasteiger partial charge in [-0.15, -0.1) is 0 Å². The van der Waals surface area contributed by atoms with Crippen LogP contribution in [0.3, 0.4) is 0 Å². The predicted molar refractivity (Wildman–Crippen MR) is 65.7 cm³/mol. The van der Waals surface area contributed by atoms with Crippen LogP contribution in [-0.4, -0.2) is 67.0 Å². The maximum atomic E-state index is 12.0. The molecule has 0 radical (unpaired) electrons. The minimum Gasteiger partial charge on any atom is -0.378 e. The molecule has 6 heteroatoms. The third kappa shape index (κ3) is 3.00. The summed E-state index contributed by atoms with van der Waals surface area (Å²) in [6.07, 6.45) is 0.442. The van der Waals surface area contributed by atoms with E-state index in [9.17, 15) is 9.59 Å². The summed E-state index contributed by atoms with van der Waals surface area (Å²) in [5.41, 5.74) is 5.95. The van der Waals surface area contributed by atoms with Crippen LogP contribution in [0.15, 0.2) is 0 Å². The molecular formula is C12H21N3O3. The molecule has 0 aromatic carbocycles. The van der Waals surface area contributed by atoms with Crippen LogP contribution in [0.1, 0.15) is 13.3 Å². The number of amides is 2. The molecule has 0 aliphatic carbocycles. The summed E-state index contributed by atoms with van der Waals surface area (Å²) in [6.45, 7) is 5.00. The first kappa shape index (κ1) is 13.3. The number of ether oxygens (including phenoxy) is 1. The summed E-state index contributed by atoms with van der Waals surface area (Å²) in [7, 11) is 0. The minimum absolute atomic E-state index is 0.00611. The summed E-state index contributed by atoms with van der Waals surface area (Å²) in [6, 6.07) is -0.0276. The van der Waals surface area contributed by atoms with Gasteiger partial charge in [0, 0.05) is 32.1 Å². The Morgan fingerprint density at radius 1 is 1.44 bits per heavy atom. The molecule has 0 spiro atoms. The van der Waals surface area contributed by atoms with Crippen LogP contribution < -0.4 is 5.73 Å². The van der Waals surface area contributed by atoms with Crippen LogP contribution in [0.5, 0.6) is 0 Å². The summed E-state index contributed by atoms with van der Waals surface area (Å²) >= 11 is 0. The Morgan fingerprint density at radius 2 is 2.11 bits per heavy atom. The van der Waals surface area contributed by atoms with Gasteiger partial charge < -0.3 is 20.3 Å². The molecular weight excluding hydrogens is 234 g/mol. The number of nitrogens with two attached hydrogens (primary N) is 1. The van der Waals surface area contributed by atoms with Gasteiger partial charge in [0.25, 0.3) is 0 Å². The van der Waals surface area contributed by atoms with Gasteiger partial charge in [-0.1, -0.05) is 6.92 Å². The van der Waals surface area contributed by atoms with Crippen molar-refractivity contribution in [3.05, 3.63) is 0 Å². The first-order valence-corrected chi connectivity index (χ1v) is 6.47. The molecule has 18 heavy (non-hydrogen) atoms. The molecule has 0 aromatic heterocycles. The zero-order valence-corrected chi connectivity index (χ0v) is 10.8. The molecule has 102 valence electrons. The highest BCUT2D eigenvalue weighted by molar-refractivity contribution is 5.85. The largest absolute Gasteiger partial charge is 0.378 e. The van der Waals surface area contributed by atoms with Crippen LogP contribution in [0.2, 0.25) is 0 Å². The molecule has 2 aliphatic rings. The molecule has 2 unspecified atom stereocenters. The topological polar surface area (TPSA) is 75.9 Å². The van der Waals surface area contributed by atoms with E-state index in [1.54, 1.807) is 9.80 Å². The molecule has 2 N–H and O–H groups in total. The maximum Gasteiger partial charge on any atom is 0.242 e. The zero-order chi connectivity index (χ0) is 13.1. The van der Waals surface area contributed by atoms with E-state index in [0.29, 0.717) is 39.3 Å². The monoisotopic (exact) mass is 255 g/mol. The van der Waals surface area contributed by atoms with E-state index in [1.807, 2.05) is 6.92 Å². The van der Waals surface area contributed by atoms with E-state index >= 15 is 0 Å². The smallest absolute Gasteiger partial charge is 0.242 e. The second-order valence-electron chi connectivity index (χ2n) is 5.11. The number of piperidine rings is 1. The molecule has 2 amide bonds. The number of rotatable bonds is 2.